The van der Waals surface area contributed by atoms with Crippen LogP contribution in [0.15, 0.2) is 12.2 Å². The van der Waals surface area contributed by atoms with E-state index in [0.29, 0.717) is 52.4 Å². The topological polar surface area (TPSA) is 82.6 Å². The number of hydrogen-bond acceptors (Lipinski definition) is 7. The minimum absolute atomic E-state index is 0.0173. The van der Waals surface area contributed by atoms with Gasteiger partial charge in [0.05, 0.1) is 12.1 Å². The van der Waals surface area contributed by atoms with Crippen molar-refractivity contribution < 1.29 is 23.9 Å². The highest BCUT2D eigenvalue weighted by molar-refractivity contribution is 5.98. The van der Waals surface area contributed by atoms with Gasteiger partial charge in [0.25, 0.3) is 0 Å². The third-order valence-corrected chi connectivity index (χ3v) is 5.82. The van der Waals surface area contributed by atoms with E-state index in [-0.39, 0.29) is 30.1 Å². The van der Waals surface area contributed by atoms with Crippen molar-refractivity contribution in [2.45, 2.75) is 64.8 Å². The maximum Gasteiger partial charge on any atom is 0.410 e. The standard InChI is InChI=1S/C23H38N4O5/c1-22(2,3)31-20(29)26-13-9-24(10-14-26)17-7-8-18(28)19(17)25-11-15-27(16-12-25)21(30)32-23(4,5)6/h7-8,17,19H,9-16H2,1-6H3/t17-,19+/m0/s1. The fraction of sp³-hybridized carbons (Fsp3) is 0.783. The van der Waals surface area contributed by atoms with Crippen LogP contribution in [-0.4, -0.2) is 113 Å². The van der Waals surface area contributed by atoms with Gasteiger partial charge in [-0.25, -0.2) is 9.59 Å². The van der Waals surface area contributed by atoms with Gasteiger partial charge in [-0.2, -0.15) is 0 Å². The average molecular weight is 451 g/mol. The Morgan fingerprint density at radius 2 is 1.16 bits per heavy atom. The van der Waals surface area contributed by atoms with Gasteiger partial charge in [0.1, 0.15) is 11.2 Å². The van der Waals surface area contributed by atoms with Crippen molar-refractivity contribution >= 4 is 18.0 Å². The Kier molecular flexibility index (Phi) is 7.19. The first-order chi connectivity index (χ1) is 14.8. The summed E-state index contributed by atoms with van der Waals surface area (Å²) in [5, 5.41) is 0. The van der Waals surface area contributed by atoms with E-state index < -0.39 is 11.2 Å². The lowest BCUT2D eigenvalue weighted by Gasteiger charge is -2.44. The zero-order valence-electron chi connectivity index (χ0n) is 20.3. The zero-order chi connectivity index (χ0) is 23.7. The summed E-state index contributed by atoms with van der Waals surface area (Å²) in [4.78, 5) is 45.3. The molecule has 3 rings (SSSR count). The summed E-state index contributed by atoms with van der Waals surface area (Å²) in [6, 6.07) is -0.264. The minimum atomic E-state index is -0.522. The molecular weight excluding hydrogens is 412 g/mol. The Hall–Kier alpha value is -2.13. The molecule has 0 aromatic heterocycles. The molecule has 0 spiro atoms. The SMILES string of the molecule is CC(C)(C)OC(=O)N1CCN([C@H]2C=CC(=O)[C@@H]2N2CCN(C(=O)OC(C)(C)C)CC2)CC1. The first kappa shape index (κ1) is 24.5. The predicted molar refractivity (Wildman–Crippen MR) is 120 cm³/mol. The van der Waals surface area contributed by atoms with Gasteiger partial charge in [0.2, 0.25) is 0 Å². The van der Waals surface area contributed by atoms with Crippen LogP contribution in [0.25, 0.3) is 0 Å². The highest BCUT2D eigenvalue weighted by Crippen LogP contribution is 2.24. The van der Waals surface area contributed by atoms with Gasteiger partial charge >= 0.3 is 12.2 Å². The molecule has 180 valence electrons. The van der Waals surface area contributed by atoms with Crippen LogP contribution in [0.2, 0.25) is 0 Å². The van der Waals surface area contributed by atoms with Crippen LogP contribution in [-0.2, 0) is 14.3 Å². The molecule has 2 atom stereocenters. The molecule has 2 fully saturated rings. The van der Waals surface area contributed by atoms with Crippen LogP contribution >= 0.6 is 0 Å². The number of amides is 2. The van der Waals surface area contributed by atoms with E-state index in [4.69, 9.17) is 9.47 Å². The van der Waals surface area contributed by atoms with Crippen LogP contribution in [0.1, 0.15) is 41.5 Å². The lowest BCUT2D eigenvalue weighted by atomic mass is 10.0. The molecule has 0 N–H and O–H groups in total. The van der Waals surface area contributed by atoms with Gasteiger partial charge in [0.15, 0.2) is 5.78 Å². The van der Waals surface area contributed by atoms with Crippen molar-refractivity contribution in [1.82, 2.24) is 19.6 Å². The van der Waals surface area contributed by atoms with Crippen LogP contribution in [0, 0.1) is 0 Å². The van der Waals surface area contributed by atoms with E-state index in [0.717, 1.165) is 0 Å². The van der Waals surface area contributed by atoms with E-state index in [1.807, 2.05) is 47.6 Å². The normalized spacial score (nSPS) is 25.9. The predicted octanol–water partition coefficient (Wildman–Crippen LogP) is 1.97. The quantitative estimate of drug-likeness (QED) is 0.636. The minimum Gasteiger partial charge on any atom is -0.444 e. The van der Waals surface area contributed by atoms with Gasteiger partial charge in [-0.05, 0) is 47.6 Å². The van der Waals surface area contributed by atoms with Crippen molar-refractivity contribution in [2.24, 2.45) is 0 Å². The summed E-state index contributed by atoms with van der Waals surface area (Å²) >= 11 is 0. The lowest BCUT2D eigenvalue weighted by molar-refractivity contribution is -0.121. The van der Waals surface area contributed by atoms with Crippen molar-refractivity contribution in [2.75, 3.05) is 52.4 Å². The second-order valence-corrected chi connectivity index (χ2v) is 10.7. The maximum atomic E-state index is 12.7. The molecule has 1 aliphatic carbocycles. The van der Waals surface area contributed by atoms with Gasteiger partial charge in [-0.15, -0.1) is 0 Å². The molecular formula is C23H38N4O5. The summed E-state index contributed by atoms with van der Waals surface area (Å²) in [6.07, 6.45) is 3.07. The third kappa shape index (κ3) is 6.22. The number of rotatable bonds is 2. The van der Waals surface area contributed by atoms with Gasteiger partial charge in [0, 0.05) is 52.4 Å². The Morgan fingerprint density at radius 1 is 0.750 bits per heavy atom. The summed E-state index contributed by atoms with van der Waals surface area (Å²) in [7, 11) is 0. The number of carbonyl (C=O) groups is 3. The van der Waals surface area contributed by atoms with Gasteiger partial charge in [-0.1, -0.05) is 6.08 Å². The smallest absolute Gasteiger partial charge is 0.410 e. The molecule has 32 heavy (non-hydrogen) atoms. The molecule has 3 aliphatic rings. The number of ether oxygens (including phenoxy) is 2. The molecule has 0 aromatic rings. The number of hydrogen-bond donors (Lipinski definition) is 0. The van der Waals surface area contributed by atoms with E-state index in [2.05, 4.69) is 9.80 Å². The Morgan fingerprint density at radius 3 is 1.56 bits per heavy atom. The van der Waals surface area contributed by atoms with E-state index in [1.165, 1.54) is 0 Å². The monoisotopic (exact) mass is 450 g/mol. The number of ketones is 1. The molecule has 2 amide bonds. The second kappa shape index (κ2) is 9.39. The van der Waals surface area contributed by atoms with Crippen LogP contribution < -0.4 is 0 Å². The number of piperazine rings is 2. The second-order valence-electron chi connectivity index (χ2n) is 10.7. The molecule has 0 bridgehead atoms. The fourth-order valence-corrected chi connectivity index (χ4v) is 4.32. The average Bonchev–Trinajstić information content (AvgIpc) is 3.07. The summed E-state index contributed by atoms with van der Waals surface area (Å²) < 4.78 is 11.0. The lowest BCUT2D eigenvalue weighted by Crippen LogP contribution is -2.61. The van der Waals surface area contributed by atoms with Gasteiger partial charge < -0.3 is 19.3 Å². The molecule has 0 unspecified atom stereocenters. The van der Waals surface area contributed by atoms with E-state index >= 15 is 0 Å². The highest BCUT2D eigenvalue weighted by atomic mass is 16.6. The Labute approximate surface area is 191 Å². The van der Waals surface area contributed by atoms with E-state index in [9.17, 15) is 14.4 Å². The van der Waals surface area contributed by atoms with E-state index in [1.54, 1.807) is 15.9 Å². The van der Waals surface area contributed by atoms with Crippen molar-refractivity contribution in [3.05, 3.63) is 12.2 Å². The largest absolute Gasteiger partial charge is 0.444 e. The molecule has 2 aliphatic heterocycles. The molecule has 9 heteroatoms. The molecule has 0 radical (unpaired) electrons. The first-order valence-electron chi connectivity index (χ1n) is 11.5. The van der Waals surface area contributed by atoms with Crippen LogP contribution in [0.3, 0.4) is 0 Å². The third-order valence-electron chi connectivity index (χ3n) is 5.82. The Bertz CT molecular complexity index is 738. The fourth-order valence-electron chi connectivity index (χ4n) is 4.32. The number of carbonyl (C=O) groups excluding carboxylic acids is 3. The molecule has 0 saturated carbocycles. The first-order valence-corrected chi connectivity index (χ1v) is 11.5. The van der Waals surface area contributed by atoms with Crippen LogP contribution in [0.5, 0.6) is 0 Å². The Balaban J connectivity index is 1.54. The molecule has 0 aromatic carbocycles. The molecule has 9 nitrogen and oxygen atoms in total. The summed E-state index contributed by atoms with van der Waals surface area (Å²) in [5.41, 5.74) is -1.03. The summed E-state index contributed by atoms with van der Waals surface area (Å²) in [6.45, 7) is 16.0. The summed E-state index contributed by atoms with van der Waals surface area (Å²) in [5.74, 6) is 0.107. The van der Waals surface area contributed by atoms with Crippen LogP contribution in [0.4, 0.5) is 9.59 Å². The van der Waals surface area contributed by atoms with Gasteiger partial charge in [-0.3, -0.25) is 14.6 Å². The highest BCUT2D eigenvalue weighted by Gasteiger charge is 2.41. The molecule has 2 saturated heterocycles. The van der Waals surface area contributed by atoms with Crippen molar-refractivity contribution in [3.63, 3.8) is 0 Å². The molecule has 2 heterocycles. The zero-order valence-corrected chi connectivity index (χ0v) is 20.3. The maximum absolute atomic E-state index is 12.7. The number of nitrogens with zero attached hydrogens (tertiary/aromatic N) is 4. The van der Waals surface area contributed by atoms with Crippen molar-refractivity contribution in [3.8, 4) is 0 Å². The van der Waals surface area contributed by atoms with Crippen molar-refractivity contribution in [1.29, 1.82) is 0 Å².